The number of hydrogen-bond donors (Lipinski definition) is 2. The van der Waals surface area contributed by atoms with Gasteiger partial charge in [0.15, 0.2) is 0 Å². The van der Waals surface area contributed by atoms with Crippen LogP contribution in [-0.2, 0) is 11.3 Å². The number of alkyl carbamates (subject to hydrolysis) is 1. The summed E-state index contributed by atoms with van der Waals surface area (Å²) >= 11 is 1.58. The number of rotatable bonds is 7. The molecule has 0 spiro atoms. The van der Waals surface area contributed by atoms with Crippen LogP contribution in [0.3, 0.4) is 0 Å². The van der Waals surface area contributed by atoms with Crippen molar-refractivity contribution in [2.75, 3.05) is 5.75 Å². The average Bonchev–Trinajstić information content (AvgIpc) is 2.58. The fourth-order valence-electron chi connectivity index (χ4n) is 1.92. The molecule has 0 radical (unpaired) electrons. The summed E-state index contributed by atoms with van der Waals surface area (Å²) in [6.07, 6.45) is -1.18. The highest BCUT2D eigenvalue weighted by molar-refractivity contribution is 7.99. The second-order valence-corrected chi connectivity index (χ2v) is 6.27. The van der Waals surface area contributed by atoms with Gasteiger partial charge in [-0.15, -0.1) is 11.8 Å². The van der Waals surface area contributed by atoms with Crippen LogP contribution >= 0.6 is 11.8 Å². The average molecular weight is 331 g/mol. The van der Waals surface area contributed by atoms with E-state index in [0.717, 1.165) is 10.5 Å². The Balaban J connectivity index is 1.80. The first kappa shape index (κ1) is 17.4. The summed E-state index contributed by atoms with van der Waals surface area (Å²) < 4.78 is 5.19. The van der Waals surface area contributed by atoms with E-state index in [1.54, 1.807) is 18.7 Å². The van der Waals surface area contributed by atoms with E-state index in [1.165, 1.54) is 0 Å². The van der Waals surface area contributed by atoms with Gasteiger partial charge in [-0.05, 0) is 24.6 Å². The Morgan fingerprint density at radius 2 is 1.74 bits per heavy atom. The normalized spacial score (nSPS) is 13.1. The maximum atomic E-state index is 11.9. The van der Waals surface area contributed by atoms with Crippen molar-refractivity contribution in [2.45, 2.75) is 30.6 Å². The van der Waals surface area contributed by atoms with Gasteiger partial charge in [-0.1, -0.05) is 48.5 Å². The molecule has 0 saturated carbocycles. The molecule has 2 N–H and O–H groups in total. The van der Waals surface area contributed by atoms with Gasteiger partial charge in [-0.2, -0.15) is 0 Å². The Bertz CT molecular complexity index is 590. The number of benzene rings is 2. The van der Waals surface area contributed by atoms with E-state index in [4.69, 9.17) is 4.74 Å². The van der Waals surface area contributed by atoms with Crippen LogP contribution in [0.25, 0.3) is 0 Å². The number of hydrogen-bond acceptors (Lipinski definition) is 4. The van der Waals surface area contributed by atoms with Crippen molar-refractivity contribution in [3.63, 3.8) is 0 Å². The molecule has 2 unspecified atom stereocenters. The van der Waals surface area contributed by atoms with Crippen molar-refractivity contribution in [3.8, 4) is 0 Å². The molecule has 0 heterocycles. The second kappa shape index (κ2) is 9.22. The number of ether oxygens (including phenoxy) is 1. The maximum absolute atomic E-state index is 11.9. The zero-order valence-electron chi connectivity index (χ0n) is 13.0. The van der Waals surface area contributed by atoms with E-state index in [9.17, 15) is 9.90 Å². The van der Waals surface area contributed by atoms with Gasteiger partial charge in [0.1, 0.15) is 6.61 Å². The molecule has 0 aliphatic heterocycles. The molecule has 5 heteroatoms. The fraction of sp³-hybridized carbons (Fsp3) is 0.278. The SMILES string of the molecule is CC(O)C(CSc1ccccc1)NC(=O)OCc1ccccc1. The molecule has 0 bridgehead atoms. The lowest BCUT2D eigenvalue weighted by Crippen LogP contribution is -2.44. The van der Waals surface area contributed by atoms with Crippen LogP contribution in [0.5, 0.6) is 0 Å². The van der Waals surface area contributed by atoms with E-state index in [1.807, 2.05) is 60.7 Å². The van der Waals surface area contributed by atoms with Crippen molar-refractivity contribution < 1.29 is 14.6 Å². The Morgan fingerprint density at radius 1 is 1.13 bits per heavy atom. The number of nitrogens with one attached hydrogen (secondary N) is 1. The Kier molecular flexibility index (Phi) is 6.97. The summed E-state index contributed by atoms with van der Waals surface area (Å²) in [5.41, 5.74) is 0.926. The van der Waals surface area contributed by atoms with E-state index in [-0.39, 0.29) is 12.6 Å². The Labute approximate surface area is 140 Å². The predicted octanol–water partition coefficient (Wildman–Crippen LogP) is 3.45. The molecule has 4 nitrogen and oxygen atoms in total. The largest absolute Gasteiger partial charge is 0.445 e. The third kappa shape index (κ3) is 6.34. The summed E-state index contributed by atoms with van der Waals surface area (Å²) in [5.74, 6) is 0.572. The van der Waals surface area contributed by atoms with E-state index in [0.29, 0.717) is 5.75 Å². The van der Waals surface area contributed by atoms with Gasteiger partial charge < -0.3 is 15.2 Å². The van der Waals surface area contributed by atoms with Crippen LogP contribution in [0.2, 0.25) is 0 Å². The van der Waals surface area contributed by atoms with Crippen LogP contribution in [0.1, 0.15) is 12.5 Å². The van der Waals surface area contributed by atoms with Crippen LogP contribution in [-0.4, -0.2) is 29.1 Å². The molecular weight excluding hydrogens is 310 g/mol. The van der Waals surface area contributed by atoms with E-state index >= 15 is 0 Å². The molecule has 0 saturated heterocycles. The summed E-state index contributed by atoms with van der Waals surface area (Å²) in [4.78, 5) is 13.0. The third-order valence-corrected chi connectivity index (χ3v) is 4.40. The minimum Gasteiger partial charge on any atom is -0.445 e. The molecule has 2 atom stereocenters. The van der Waals surface area contributed by atoms with Gasteiger partial charge in [0.2, 0.25) is 0 Å². The fourth-order valence-corrected chi connectivity index (χ4v) is 3.00. The van der Waals surface area contributed by atoms with Gasteiger partial charge >= 0.3 is 6.09 Å². The quantitative estimate of drug-likeness (QED) is 0.763. The number of thioether (sulfide) groups is 1. The van der Waals surface area contributed by atoms with Crippen molar-refractivity contribution in [2.24, 2.45) is 0 Å². The number of carbonyl (C=O) groups is 1. The molecule has 23 heavy (non-hydrogen) atoms. The summed E-state index contributed by atoms with van der Waals surface area (Å²) in [5, 5.41) is 12.6. The second-order valence-electron chi connectivity index (χ2n) is 5.18. The predicted molar refractivity (Wildman–Crippen MR) is 92.4 cm³/mol. The molecule has 1 amide bonds. The lowest BCUT2D eigenvalue weighted by atomic mass is 10.2. The lowest BCUT2D eigenvalue weighted by Gasteiger charge is -2.21. The highest BCUT2D eigenvalue weighted by Gasteiger charge is 2.18. The minimum atomic E-state index is -0.657. The topological polar surface area (TPSA) is 58.6 Å². The van der Waals surface area contributed by atoms with E-state index in [2.05, 4.69) is 5.32 Å². The van der Waals surface area contributed by atoms with Gasteiger partial charge in [0, 0.05) is 10.6 Å². The van der Waals surface area contributed by atoms with Gasteiger partial charge in [0.05, 0.1) is 12.1 Å². The van der Waals surface area contributed by atoms with Crippen LogP contribution in [0.15, 0.2) is 65.6 Å². The lowest BCUT2D eigenvalue weighted by molar-refractivity contribution is 0.114. The molecule has 2 aromatic carbocycles. The van der Waals surface area contributed by atoms with Crippen LogP contribution < -0.4 is 5.32 Å². The summed E-state index contributed by atoms with van der Waals surface area (Å²) in [7, 11) is 0. The first-order valence-corrected chi connectivity index (χ1v) is 8.47. The standard InChI is InChI=1S/C18H21NO3S/c1-14(20)17(13-23-16-10-6-3-7-11-16)19-18(21)22-12-15-8-4-2-5-9-15/h2-11,14,17,20H,12-13H2,1H3,(H,19,21). The summed E-state index contributed by atoms with van der Waals surface area (Å²) in [6, 6.07) is 19.0. The highest BCUT2D eigenvalue weighted by atomic mass is 32.2. The molecule has 2 rings (SSSR count). The smallest absolute Gasteiger partial charge is 0.407 e. The molecule has 0 aliphatic carbocycles. The van der Waals surface area contributed by atoms with Gasteiger partial charge in [0.25, 0.3) is 0 Å². The zero-order chi connectivity index (χ0) is 16.5. The molecule has 2 aromatic rings. The van der Waals surface area contributed by atoms with Crippen molar-refractivity contribution in [1.82, 2.24) is 5.32 Å². The van der Waals surface area contributed by atoms with Crippen LogP contribution in [0, 0.1) is 0 Å². The number of amides is 1. The van der Waals surface area contributed by atoms with Crippen LogP contribution in [0.4, 0.5) is 4.79 Å². The molecule has 0 aromatic heterocycles. The van der Waals surface area contributed by atoms with Crippen molar-refractivity contribution >= 4 is 17.9 Å². The van der Waals surface area contributed by atoms with Gasteiger partial charge in [-0.25, -0.2) is 4.79 Å². The van der Waals surface area contributed by atoms with Crippen molar-refractivity contribution in [3.05, 3.63) is 66.2 Å². The van der Waals surface area contributed by atoms with Crippen molar-refractivity contribution in [1.29, 1.82) is 0 Å². The Hall–Kier alpha value is -1.98. The highest BCUT2D eigenvalue weighted by Crippen LogP contribution is 2.19. The number of aliphatic hydroxyl groups is 1. The first-order valence-electron chi connectivity index (χ1n) is 7.48. The summed E-state index contributed by atoms with van der Waals surface area (Å²) in [6.45, 7) is 1.87. The zero-order valence-corrected chi connectivity index (χ0v) is 13.8. The number of aliphatic hydroxyl groups excluding tert-OH is 1. The minimum absolute atomic E-state index is 0.213. The monoisotopic (exact) mass is 331 g/mol. The molecule has 0 fully saturated rings. The molecular formula is C18H21NO3S. The van der Waals surface area contributed by atoms with Gasteiger partial charge in [-0.3, -0.25) is 0 Å². The third-order valence-electron chi connectivity index (χ3n) is 3.27. The molecule has 0 aliphatic rings. The first-order chi connectivity index (χ1) is 11.1. The number of carbonyl (C=O) groups excluding carboxylic acids is 1. The molecule has 122 valence electrons. The van der Waals surface area contributed by atoms with E-state index < -0.39 is 12.2 Å². The maximum Gasteiger partial charge on any atom is 0.407 e. The Morgan fingerprint density at radius 3 is 2.35 bits per heavy atom.